The summed E-state index contributed by atoms with van der Waals surface area (Å²) in [6, 6.07) is 40.8. The zero-order chi connectivity index (χ0) is 20.2. The Labute approximate surface area is 182 Å². The van der Waals surface area contributed by atoms with Gasteiger partial charge in [-0.25, -0.2) is 0 Å². The van der Waals surface area contributed by atoms with Gasteiger partial charge in [-0.1, -0.05) is 0 Å². The fourth-order valence-electron chi connectivity index (χ4n) is 4.01. The summed E-state index contributed by atoms with van der Waals surface area (Å²) < 4.78 is 0. The summed E-state index contributed by atoms with van der Waals surface area (Å²) in [7, 11) is 0. The van der Waals surface area contributed by atoms with Crippen LogP contribution >= 0.6 is 29.0 Å². The van der Waals surface area contributed by atoms with E-state index in [0.29, 0.717) is 0 Å². The monoisotopic (exact) mass is 434 g/mol. The maximum atomic E-state index is 8.11. The number of rotatable bonds is 6. The van der Waals surface area contributed by atoms with E-state index in [2.05, 4.69) is 122 Å². The molecule has 3 heteroatoms. The summed E-state index contributed by atoms with van der Waals surface area (Å²) in [4.78, 5) is 1.27. The second kappa shape index (κ2) is 8.36. The van der Waals surface area contributed by atoms with Gasteiger partial charge in [0, 0.05) is 0 Å². The zero-order valence-electron chi connectivity index (χ0n) is 16.4. The molecule has 0 amide bonds. The summed E-state index contributed by atoms with van der Waals surface area (Å²) in [5.74, 6) is -3.24. The Morgan fingerprint density at radius 3 is 1.31 bits per heavy atom. The molecule has 0 heterocycles. The van der Waals surface area contributed by atoms with E-state index in [9.17, 15) is 0 Å². The van der Waals surface area contributed by atoms with Crippen LogP contribution in [0.2, 0.25) is 0 Å². The van der Waals surface area contributed by atoms with E-state index in [-0.39, 0.29) is 0 Å². The summed E-state index contributed by atoms with van der Waals surface area (Å²) in [6.07, 6.45) is 2.88. The molecular formula is C26H24ClPS. The Morgan fingerprint density at radius 2 is 0.966 bits per heavy atom. The molecule has 4 aromatic rings. The normalized spacial score (nSPS) is 12.8. The molecule has 146 valence electrons. The summed E-state index contributed by atoms with van der Waals surface area (Å²) in [6.45, 7) is 0. The van der Waals surface area contributed by atoms with Gasteiger partial charge in [-0.3, -0.25) is 0 Å². The number of benzene rings is 4. The number of thioether (sulfide) groups is 1. The van der Waals surface area contributed by atoms with Crippen molar-refractivity contribution in [3.63, 3.8) is 0 Å². The van der Waals surface area contributed by atoms with Gasteiger partial charge in [-0.15, -0.1) is 0 Å². The molecule has 0 unspecified atom stereocenters. The van der Waals surface area contributed by atoms with Crippen molar-refractivity contribution in [1.29, 1.82) is 0 Å². The second-order valence-electron chi connectivity index (χ2n) is 7.20. The Balaban J connectivity index is 2.03. The van der Waals surface area contributed by atoms with Crippen LogP contribution in [0.4, 0.5) is 0 Å². The van der Waals surface area contributed by atoms with Gasteiger partial charge in [0.2, 0.25) is 0 Å². The van der Waals surface area contributed by atoms with Crippen molar-refractivity contribution in [2.45, 2.75) is 11.1 Å². The molecule has 0 aliphatic carbocycles. The SMILES string of the molecule is CSc1ccc(CP(Cl)(c2ccccc2)(c2ccccc2)c2ccccc2)cc1. The third-order valence-corrected chi connectivity index (χ3v) is 13.5. The van der Waals surface area contributed by atoms with Gasteiger partial charge in [0.05, 0.1) is 0 Å². The number of hydrogen-bond acceptors (Lipinski definition) is 1. The van der Waals surface area contributed by atoms with Crippen LogP contribution < -0.4 is 15.9 Å². The summed E-state index contributed by atoms with van der Waals surface area (Å²) in [5, 5.41) is 3.60. The number of hydrogen-bond donors (Lipinski definition) is 0. The predicted molar refractivity (Wildman–Crippen MR) is 133 cm³/mol. The molecule has 0 radical (unpaired) electrons. The number of halogens is 1. The van der Waals surface area contributed by atoms with Crippen LogP contribution in [0.15, 0.2) is 120 Å². The quantitative estimate of drug-likeness (QED) is 0.243. The minimum absolute atomic E-state index is 0.778. The van der Waals surface area contributed by atoms with E-state index < -0.39 is 5.96 Å². The Kier molecular flexibility index (Phi) is 5.83. The van der Waals surface area contributed by atoms with E-state index in [1.807, 2.05) is 0 Å². The molecule has 4 aromatic carbocycles. The Hall–Kier alpha value is -2.05. The van der Waals surface area contributed by atoms with Crippen molar-refractivity contribution >= 4 is 44.9 Å². The van der Waals surface area contributed by atoms with E-state index in [4.69, 9.17) is 11.2 Å². The molecule has 29 heavy (non-hydrogen) atoms. The van der Waals surface area contributed by atoms with Crippen molar-refractivity contribution < 1.29 is 0 Å². The average Bonchev–Trinajstić information content (AvgIpc) is 2.81. The van der Waals surface area contributed by atoms with Crippen molar-refractivity contribution in [3.8, 4) is 0 Å². The first kappa shape index (κ1) is 20.2. The summed E-state index contributed by atoms with van der Waals surface area (Å²) in [5.41, 5.74) is 1.26. The Morgan fingerprint density at radius 1 is 0.586 bits per heavy atom. The second-order valence-corrected chi connectivity index (χ2v) is 14.5. The van der Waals surface area contributed by atoms with Crippen molar-refractivity contribution in [2.75, 3.05) is 6.26 Å². The molecule has 0 N–H and O–H groups in total. The zero-order valence-corrected chi connectivity index (χ0v) is 18.9. The summed E-state index contributed by atoms with van der Waals surface area (Å²) >= 11 is 9.87. The van der Waals surface area contributed by atoms with Crippen LogP contribution in [0.5, 0.6) is 0 Å². The third kappa shape index (κ3) is 3.64. The molecule has 0 nitrogen and oxygen atoms in total. The van der Waals surface area contributed by atoms with Gasteiger partial charge < -0.3 is 0 Å². The first-order valence-corrected chi connectivity index (χ1v) is 14.2. The van der Waals surface area contributed by atoms with Gasteiger partial charge in [0.1, 0.15) is 0 Å². The molecule has 0 saturated carbocycles. The average molecular weight is 435 g/mol. The van der Waals surface area contributed by atoms with Crippen molar-refractivity contribution in [3.05, 3.63) is 121 Å². The van der Waals surface area contributed by atoms with Crippen LogP contribution in [-0.2, 0) is 6.16 Å². The van der Waals surface area contributed by atoms with Crippen LogP contribution in [-0.4, -0.2) is 6.26 Å². The van der Waals surface area contributed by atoms with E-state index in [1.165, 1.54) is 26.4 Å². The molecule has 0 aliphatic rings. The fourth-order valence-corrected chi connectivity index (χ4v) is 10.6. The van der Waals surface area contributed by atoms with Gasteiger partial charge in [-0.05, 0) is 0 Å². The van der Waals surface area contributed by atoms with E-state index in [1.54, 1.807) is 11.8 Å². The molecule has 0 bridgehead atoms. The van der Waals surface area contributed by atoms with Crippen molar-refractivity contribution in [1.82, 2.24) is 0 Å². The van der Waals surface area contributed by atoms with E-state index in [0.717, 1.165) is 6.16 Å². The molecule has 0 spiro atoms. The van der Waals surface area contributed by atoms with E-state index >= 15 is 0 Å². The van der Waals surface area contributed by atoms with Crippen molar-refractivity contribution in [2.24, 2.45) is 0 Å². The van der Waals surface area contributed by atoms with Gasteiger partial charge in [0.15, 0.2) is 0 Å². The molecule has 0 aliphatic heterocycles. The van der Waals surface area contributed by atoms with Crippen LogP contribution in [0.3, 0.4) is 0 Å². The standard InChI is InChI=1S/C26H24ClPS/c1-29-26-19-17-22(18-20-26)21-28(27,23-11-5-2-6-12-23,24-13-7-3-8-14-24)25-15-9-4-10-16-25/h2-20H,21H2,1H3. The molecular weight excluding hydrogens is 411 g/mol. The third-order valence-electron chi connectivity index (χ3n) is 5.52. The maximum absolute atomic E-state index is 8.11. The fraction of sp³-hybridized carbons (Fsp3) is 0.0769. The van der Waals surface area contributed by atoms with Crippen LogP contribution in [0, 0.1) is 0 Å². The molecule has 0 aromatic heterocycles. The predicted octanol–water partition coefficient (Wildman–Crippen LogP) is 6.59. The van der Waals surface area contributed by atoms with Crippen LogP contribution in [0.1, 0.15) is 5.56 Å². The first-order valence-electron chi connectivity index (χ1n) is 9.68. The molecule has 4 rings (SSSR count). The first-order chi connectivity index (χ1) is 14.1. The van der Waals surface area contributed by atoms with Gasteiger partial charge in [0.25, 0.3) is 0 Å². The molecule has 0 fully saturated rings. The topological polar surface area (TPSA) is 0 Å². The minimum atomic E-state index is -3.24. The molecule has 0 saturated heterocycles. The van der Waals surface area contributed by atoms with Gasteiger partial charge >= 0.3 is 183 Å². The van der Waals surface area contributed by atoms with Gasteiger partial charge in [-0.2, -0.15) is 0 Å². The molecule has 0 atom stereocenters. The van der Waals surface area contributed by atoms with Crippen LogP contribution in [0.25, 0.3) is 0 Å². The Bertz CT molecular complexity index is 965.